The normalized spacial score (nSPS) is 27.1. The predicted molar refractivity (Wildman–Crippen MR) is 63.3 cm³/mol. The second kappa shape index (κ2) is 4.69. The summed E-state index contributed by atoms with van der Waals surface area (Å²) in [4.78, 5) is 6.31. The summed E-state index contributed by atoms with van der Waals surface area (Å²) in [5.74, 6) is 0.562. The van der Waals surface area contributed by atoms with Crippen molar-refractivity contribution in [2.45, 2.75) is 18.8 Å². The summed E-state index contributed by atoms with van der Waals surface area (Å²) in [5, 5.41) is 1.01. The van der Waals surface area contributed by atoms with Crippen LogP contribution in [0.3, 0.4) is 0 Å². The highest BCUT2D eigenvalue weighted by molar-refractivity contribution is 6.31. The van der Waals surface area contributed by atoms with Crippen molar-refractivity contribution in [1.29, 1.82) is 0 Å². The number of hydrogen-bond acceptors (Lipinski definition) is 2. The largest absolute Gasteiger partial charge is 0.297 e. The zero-order chi connectivity index (χ0) is 10.8. The number of rotatable bonds is 2. The highest BCUT2D eigenvalue weighted by Gasteiger charge is 2.27. The molecule has 0 aliphatic carbocycles. The van der Waals surface area contributed by atoms with Crippen molar-refractivity contribution < 1.29 is 0 Å². The molecule has 15 heavy (non-hydrogen) atoms. The van der Waals surface area contributed by atoms with Gasteiger partial charge in [0.25, 0.3) is 0 Å². The van der Waals surface area contributed by atoms with E-state index in [0.717, 1.165) is 30.2 Å². The Morgan fingerprint density at radius 3 is 2.93 bits per heavy atom. The molecule has 0 amide bonds. The van der Waals surface area contributed by atoms with Gasteiger partial charge in [0.05, 0.1) is 10.4 Å². The van der Waals surface area contributed by atoms with Crippen LogP contribution in [0.25, 0.3) is 0 Å². The van der Waals surface area contributed by atoms with Crippen molar-refractivity contribution in [1.82, 2.24) is 9.88 Å². The predicted octanol–water partition coefficient (Wildman–Crippen LogP) is 2.79. The van der Waals surface area contributed by atoms with Crippen LogP contribution in [0.2, 0.25) is 5.02 Å². The number of nitrogens with zero attached hydrogens (tertiary/aromatic N) is 2. The quantitative estimate of drug-likeness (QED) is 0.745. The number of likely N-dealkylation sites (tertiary alicyclic amines) is 1. The van der Waals surface area contributed by atoms with Crippen LogP contribution in [0, 0.1) is 5.92 Å². The molecule has 4 heteroatoms. The van der Waals surface area contributed by atoms with Crippen LogP contribution < -0.4 is 0 Å². The second-order valence-electron chi connectivity index (χ2n) is 4.15. The van der Waals surface area contributed by atoms with Crippen LogP contribution in [0.4, 0.5) is 0 Å². The van der Waals surface area contributed by atoms with E-state index < -0.39 is 0 Å². The third-order valence-corrected chi connectivity index (χ3v) is 3.76. The van der Waals surface area contributed by atoms with Crippen molar-refractivity contribution in [3.63, 3.8) is 0 Å². The van der Waals surface area contributed by atoms with Crippen molar-refractivity contribution in [2.75, 3.05) is 13.1 Å². The van der Waals surface area contributed by atoms with Gasteiger partial charge < -0.3 is 0 Å². The van der Waals surface area contributed by atoms with Crippen LogP contribution in [0.15, 0.2) is 18.5 Å². The first-order valence-electron chi connectivity index (χ1n) is 5.11. The van der Waals surface area contributed by atoms with E-state index in [0.29, 0.717) is 5.92 Å². The summed E-state index contributed by atoms with van der Waals surface area (Å²) >= 11 is 12.2. The van der Waals surface area contributed by atoms with Gasteiger partial charge in [-0.15, -0.1) is 11.6 Å². The van der Waals surface area contributed by atoms with Crippen LogP contribution in [0.5, 0.6) is 0 Å². The molecule has 0 saturated carbocycles. The Morgan fingerprint density at radius 2 is 2.33 bits per heavy atom. The zero-order valence-corrected chi connectivity index (χ0v) is 10.2. The lowest BCUT2D eigenvalue weighted by molar-refractivity contribution is 0.320. The van der Waals surface area contributed by atoms with Crippen LogP contribution in [-0.4, -0.2) is 28.4 Å². The Labute approximate surface area is 100 Å². The van der Waals surface area contributed by atoms with E-state index in [9.17, 15) is 0 Å². The minimum absolute atomic E-state index is 0.269. The first-order valence-corrected chi connectivity index (χ1v) is 5.93. The van der Waals surface area contributed by atoms with E-state index in [1.54, 1.807) is 12.4 Å². The molecular weight excluding hydrogens is 231 g/mol. The average Bonchev–Trinajstić information content (AvgIpc) is 2.50. The average molecular weight is 245 g/mol. The fraction of sp³-hybridized carbons (Fsp3) is 0.545. The number of aromatic nitrogens is 1. The summed E-state index contributed by atoms with van der Waals surface area (Å²) in [5.41, 5.74) is 1.13. The van der Waals surface area contributed by atoms with Gasteiger partial charge in [0.15, 0.2) is 0 Å². The van der Waals surface area contributed by atoms with E-state index >= 15 is 0 Å². The van der Waals surface area contributed by atoms with Gasteiger partial charge in [0, 0.05) is 32.0 Å². The van der Waals surface area contributed by atoms with Crippen molar-refractivity contribution >= 4 is 23.2 Å². The highest BCUT2D eigenvalue weighted by atomic mass is 35.5. The van der Waals surface area contributed by atoms with Crippen molar-refractivity contribution in [3.8, 4) is 0 Å². The Hall–Kier alpha value is -0.310. The maximum atomic E-state index is 6.18. The number of hydrogen-bond donors (Lipinski definition) is 0. The monoisotopic (exact) mass is 244 g/mol. The Kier molecular flexibility index (Phi) is 3.49. The third-order valence-electron chi connectivity index (χ3n) is 2.85. The Morgan fingerprint density at radius 1 is 1.53 bits per heavy atom. The molecule has 0 radical (unpaired) electrons. The maximum Gasteiger partial charge on any atom is 0.0634 e. The van der Waals surface area contributed by atoms with E-state index in [1.807, 2.05) is 6.07 Å². The van der Waals surface area contributed by atoms with Gasteiger partial charge in [-0.05, 0) is 17.5 Å². The molecule has 1 saturated heterocycles. The van der Waals surface area contributed by atoms with Crippen LogP contribution >= 0.6 is 23.2 Å². The van der Waals surface area contributed by atoms with E-state index in [-0.39, 0.29) is 5.38 Å². The maximum absolute atomic E-state index is 6.18. The molecule has 2 nitrogen and oxygen atoms in total. The lowest BCUT2D eigenvalue weighted by Crippen LogP contribution is -2.20. The fourth-order valence-electron chi connectivity index (χ4n) is 1.93. The number of pyridine rings is 1. The van der Waals surface area contributed by atoms with Crippen molar-refractivity contribution in [3.05, 3.63) is 29.0 Å². The lowest BCUT2D eigenvalue weighted by atomic mass is 10.1. The SMILES string of the molecule is CC1CN(Cc2ccncc2Cl)CC1Cl. The molecule has 2 unspecified atom stereocenters. The zero-order valence-electron chi connectivity index (χ0n) is 8.66. The smallest absolute Gasteiger partial charge is 0.0634 e. The molecular formula is C11H14Cl2N2. The van der Waals surface area contributed by atoms with Gasteiger partial charge in [-0.1, -0.05) is 18.5 Å². The summed E-state index contributed by atoms with van der Waals surface area (Å²) in [6, 6.07) is 1.97. The standard InChI is InChI=1S/C11H14Cl2N2/c1-8-5-15(7-11(8)13)6-9-2-3-14-4-10(9)12/h2-4,8,11H,5-7H2,1H3. The Bertz CT molecular complexity index is 333. The van der Waals surface area contributed by atoms with Crippen LogP contribution in [-0.2, 0) is 6.54 Å². The minimum Gasteiger partial charge on any atom is -0.297 e. The summed E-state index contributed by atoms with van der Waals surface area (Å²) < 4.78 is 0. The van der Waals surface area contributed by atoms with Gasteiger partial charge in [-0.2, -0.15) is 0 Å². The van der Waals surface area contributed by atoms with Gasteiger partial charge in [0.2, 0.25) is 0 Å². The molecule has 1 aromatic heterocycles. The molecule has 0 spiro atoms. The van der Waals surface area contributed by atoms with Crippen molar-refractivity contribution in [2.24, 2.45) is 5.92 Å². The minimum atomic E-state index is 0.269. The molecule has 0 N–H and O–H groups in total. The molecule has 2 rings (SSSR count). The molecule has 0 bridgehead atoms. The molecule has 1 aromatic rings. The highest BCUT2D eigenvalue weighted by Crippen LogP contribution is 2.24. The third kappa shape index (κ3) is 2.63. The molecule has 0 aromatic carbocycles. The topological polar surface area (TPSA) is 16.1 Å². The van der Waals surface area contributed by atoms with E-state index in [4.69, 9.17) is 23.2 Å². The summed E-state index contributed by atoms with van der Waals surface area (Å²) in [7, 11) is 0. The summed E-state index contributed by atoms with van der Waals surface area (Å²) in [6.45, 7) is 5.05. The number of halogens is 2. The molecule has 1 fully saturated rings. The Balaban J connectivity index is 2.01. The second-order valence-corrected chi connectivity index (χ2v) is 5.12. The molecule has 2 atom stereocenters. The summed E-state index contributed by atoms with van der Waals surface area (Å²) in [6.07, 6.45) is 3.47. The van der Waals surface area contributed by atoms with Gasteiger partial charge in [-0.3, -0.25) is 9.88 Å². The first kappa shape index (κ1) is 11.2. The van der Waals surface area contributed by atoms with Gasteiger partial charge >= 0.3 is 0 Å². The molecule has 1 aliphatic rings. The number of alkyl halides is 1. The molecule has 82 valence electrons. The van der Waals surface area contributed by atoms with Gasteiger partial charge in [0.1, 0.15) is 0 Å². The van der Waals surface area contributed by atoms with E-state index in [2.05, 4.69) is 16.8 Å². The van der Waals surface area contributed by atoms with Gasteiger partial charge in [-0.25, -0.2) is 0 Å². The van der Waals surface area contributed by atoms with E-state index in [1.165, 1.54) is 0 Å². The fourth-order valence-corrected chi connectivity index (χ4v) is 2.38. The first-order chi connectivity index (χ1) is 7.16. The lowest BCUT2D eigenvalue weighted by Gasteiger charge is -2.15. The molecule has 1 aliphatic heterocycles. The molecule has 2 heterocycles. The van der Waals surface area contributed by atoms with Crippen LogP contribution in [0.1, 0.15) is 12.5 Å².